The number of benzene rings is 1. The predicted molar refractivity (Wildman–Crippen MR) is 56.8 cm³/mol. The van der Waals surface area contributed by atoms with E-state index in [1.807, 2.05) is 0 Å². The monoisotopic (exact) mass is 209 g/mol. The number of esters is 1. The molecule has 0 fully saturated rings. The molecule has 1 aromatic carbocycles. The van der Waals surface area contributed by atoms with Gasteiger partial charge in [-0.2, -0.15) is 0 Å². The van der Waals surface area contributed by atoms with E-state index in [2.05, 4.69) is 4.74 Å². The third-order valence-corrected chi connectivity index (χ3v) is 2.04. The van der Waals surface area contributed by atoms with Crippen LogP contribution in [-0.2, 0) is 4.74 Å². The highest BCUT2D eigenvalue weighted by molar-refractivity contribution is 6.60. The molecule has 0 aliphatic heterocycles. The maximum Gasteiger partial charge on any atom is 0.490 e. The van der Waals surface area contributed by atoms with E-state index in [0.29, 0.717) is 5.56 Å². The molecule has 0 aromatic heterocycles. The first kappa shape index (κ1) is 11.5. The number of rotatable bonds is 2. The van der Waals surface area contributed by atoms with Crippen LogP contribution in [-0.4, -0.2) is 30.2 Å². The summed E-state index contributed by atoms with van der Waals surface area (Å²) in [6.07, 6.45) is 0. The number of nitrogen functional groups attached to an aromatic ring is 1. The Morgan fingerprint density at radius 1 is 1.47 bits per heavy atom. The summed E-state index contributed by atoms with van der Waals surface area (Å²) in [6, 6.07) is 3.04. The molecule has 0 atom stereocenters. The van der Waals surface area contributed by atoms with Crippen molar-refractivity contribution < 1.29 is 19.6 Å². The van der Waals surface area contributed by atoms with E-state index < -0.39 is 13.1 Å². The van der Waals surface area contributed by atoms with Crippen LogP contribution in [0.15, 0.2) is 12.1 Å². The molecule has 0 unspecified atom stereocenters. The van der Waals surface area contributed by atoms with E-state index in [4.69, 9.17) is 15.8 Å². The lowest BCUT2D eigenvalue weighted by Crippen LogP contribution is -2.34. The third kappa shape index (κ3) is 2.29. The third-order valence-electron chi connectivity index (χ3n) is 2.04. The second kappa shape index (κ2) is 4.33. The number of nitrogens with two attached hydrogens (primary N) is 1. The van der Waals surface area contributed by atoms with Crippen molar-refractivity contribution in [3.63, 3.8) is 0 Å². The van der Waals surface area contributed by atoms with Crippen molar-refractivity contribution >= 4 is 24.2 Å². The molecule has 0 bridgehead atoms. The fourth-order valence-electron chi connectivity index (χ4n) is 1.32. The molecular formula is C9H12BNO4. The SMILES string of the molecule is COC(=O)c1cc(C)cc(B(O)O)c1N. The average Bonchev–Trinajstić information content (AvgIpc) is 2.19. The van der Waals surface area contributed by atoms with Gasteiger partial charge in [0.1, 0.15) is 0 Å². The summed E-state index contributed by atoms with van der Waals surface area (Å²) < 4.78 is 4.52. The first-order valence-corrected chi connectivity index (χ1v) is 4.31. The smallest absolute Gasteiger partial charge is 0.465 e. The van der Waals surface area contributed by atoms with Gasteiger partial charge in [0.2, 0.25) is 0 Å². The molecule has 1 rings (SSSR count). The summed E-state index contributed by atoms with van der Waals surface area (Å²) in [5.41, 5.74) is 6.59. The zero-order valence-corrected chi connectivity index (χ0v) is 8.52. The molecular weight excluding hydrogens is 197 g/mol. The number of ether oxygens (including phenoxy) is 1. The minimum absolute atomic E-state index is 0.0300. The Bertz CT molecular complexity index is 392. The molecule has 0 saturated heterocycles. The number of methoxy groups -OCH3 is 1. The topological polar surface area (TPSA) is 92.8 Å². The molecule has 1 aromatic rings. The highest BCUT2D eigenvalue weighted by Gasteiger charge is 2.20. The molecule has 6 heteroatoms. The van der Waals surface area contributed by atoms with Gasteiger partial charge >= 0.3 is 13.1 Å². The second-order valence-electron chi connectivity index (χ2n) is 3.18. The fourth-order valence-corrected chi connectivity index (χ4v) is 1.32. The van der Waals surface area contributed by atoms with Crippen molar-refractivity contribution in [1.29, 1.82) is 0 Å². The largest absolute Gasteiger partial charge is 0.490 e. The zero-order valence-electron chi connectivity index (χ0n) is 8.52. The van der Waals surface area contributed by atoms with Crippen LogP contribution in [0.5, 0.6) is 0 Å². The highest BCUT2D eigenvalue weighted by Crippen LogP contribution is 2.13. The number of carbonyl (C=O) groups excluding carboxylic acids is 1. The van der Waals surface area contributed by atoms with E-state index in [1.165, 1.54) is 19.2 Å². The average molecular weight is 209 g/mol. The number of carbonyl (C=O) groups is 1. The number of aryl methyl sites for hydroxylation is 1. The molecule has 5 nitrogen and oxygen atoms in total. The van der Waals surface area contributed by atoms with Crippen molar-refractivity contribution in [2.75, 3.05) is 12.8 Å². The van der Waals surface area contributed by atoms with Crippen LogP contribution >= 0.6 is 0 Å². The van der Waals surface area contributed by atoms with Crippen LogP contribution in [0.4, 0.5) is 5.69 Å². The summed E-state index contributed by atoms with van der Waals surface area (Å²) in [5.74, 6) is -0.599. The van der Waals surface area contributed by atoms with Crippen molar-refractivity contribution in [3.05, 3.63) is 23.3 Å². The summed E-state index contributed by atoms with van der Waals surface area (Å²) in [4.78, 5) is 11.3. The molecule has 0 aliphatic carbocycles. The Kier molecular flexibility index (Phi) is 3.33. The molecule has 15 heavy (non-hydrogen) atoms. The first-order valence-electron chi connectivity index (χ1n) is 4.31. The predicted octanol–water partition coefficient (Wildman–Crippen LogP) is -0.956. The molecule has 4 N–H and O–H groups in total. The minimum Gasteiger partial charge on any atom is -0.465 e. The van der Waals surface area contributed by atoms with Crippen LogP contribution in [0.3, 0.4) is 0 Å². The number of hydrogen-bond acceptors (Lipinski definition) is 5. The van der Waals surface area contributed by atoms with E-state index in [0.717, 1.165) is 0 Å². The van der Waals surface area contributed by atoms with Crippen molar-refractivity contribution in [2.24, 2.45) is 0 Å². The lowest BCUT2D eigenvalue weighted by atomic mass is 9.77. The summed E-state index contributed by atoms with van der Waals surface area (Å²) in [5, 5.41) is 18.1. The van der Waals surface area contributed by atoms with Crippen molar-refractivity contribution in [2.45, 2.75) is 6.92 Å². The lowest BCUT2D eigenvalue weighted by Gasteiger charge is -2.10. The van der Waals surface area contributed by atoms with E-state index in [1.54, 1.807) is 6.92 Å². The Balaban J connectivity index is 3.34. The molecule has 0 spiro atoms. The van der Waals surface area contributed by atoms with Crippen LogP contribution in [0.2, 0.25) is 0 Å². The minimum atomic E-state index is -1.70. The van der Waals surface area contributed by atoms with Gasteiger partial charge in [0.15, 0.2) is 0 Å². The Hall–Kier alpha value is -1.53. The summed E-state index contributed by atoms with van der Waals surface area (Å²) in [7, 11) is -0.465. The Labute approximate surface area is 87.6 Å². The van der Waals surface area contributed by atoms with Crippen LogP contribution in [0, 0.1) is 6.92 Å². The molecule has 0 amide bonds. The molecule has 0 radical (unpaired) electrons. The van der Waals surface area contributed by atoms with Gasteiger partial charge in [-0.15, -0.1) is 0 Å². The Morgan fingerprint density at radius 2 is 2.07 bits per heavy atom. The first-order chi connectivity index (χ1) is 6.97. The molecule has 0 aliphatic rings. The molecule has 0 saturated carbocycles. The fraction of sp³-hybridized carbons (Fsp3) is 0.222. The van der Waals surface area contributed by atoms with Gasteiger partial charge in [0.25, 0.3) is 0 Å². The van der Waals surface area contributed by atoms with Crippen LogP contribution in [0.25, 0.3) is 0 Å². The van der Waals surface area contributed by atoms with Gasteiger partial charge in [-0.1, -0.05) is 11.6 Å². The summed E-state index contributed by atoms with van der Waals surface area (Å²) >= 11 is 0. The standard InChI is InChI=1S/C9H12BNO4/c1-5-3-6(9(12)15-2)8(11)7(4-5)10(13)14/h3-4,13-14H,11H2,1-2H3. The maximum absolute atomic E-state index is 11.3. The lowest BCUT2D eigenvalue weighted by molar-refractivity contribution is 0.0602. The van der Waals surface area contributed by atoms with Gasteiger partial charge in [0, 0.05) is 11.2 Å². The van der Waals surface area contributed by atoms with Gasteiger partial charge < -0.3 is 20.5 Å². The molecule has 80 valence electrons. The molecule has 0 heterocycles. The maximum atomic E-state index is 11.3. The van der Waals surface area contributed by atoms with E-state index >= 15 is 0 Å². The number of hydrogen-bond donors (Lipinski definition) is 3. The van der Waals surface area contributed by atoms with Crippen molar-refractivity contribution in [3.8, 4) is 0 Å². The highest BCUT2D eigenvalue weighted by atomic mass is 16.5. The van der Waals surface area contributed by atoms with Crippen LogP contribution in [0.1, 0.15) is 15.9 Å². The normalized spacial score (nSPS) is 9.87. The van der Waals surface area contributed by atoms with E-state index in [-0.39, 0.29) is 16.7 Å². The van der Waals surface area contributed by atoms with Gasteiger partial charge in [-0.3, -0.25) is 0 Å². The van der Waals surface area contributed by atoms with Crippen LogP contribution < -0.4 is 11.2 Å². The second-order valence-corrected chi connectivity index (χ2v) is 3.18. The van der Waals surface area contributed by atoms with Crippen molar-refractivity contribution in [1.82, 2.24) is 0 Å². The van der Waals surface area contributed by atoms with Gasteiger partial charge in [0.05, 0.1) is 12.7 Å². The summed E-state index contributed by atoms with van der Waals surface area (Å²) in [6.45, 7) is 1.72. The Morgan fingerprint density at radius 3 is 2.53 bits per heavy atom. The zero-order chi connectivity index (χ0) is 11.6. The van der Waals surface area contributed by atoms with Gasteiger partial charge in [-0.05, 0) is 13.0 Å². The van der Waals surface area contributed by atoms with E-state index in [9.17, 15) is 4.79 Å². The number of anilines is 1. The van der Waals surface area contributed by atoms with Gasteiger partial charge in [-0.25, -0.2) is 4.79 Å². The quantitative estimate of drug-likeness (QED) is 0.331.